The maximum atomic E-state index is 12.8. The summed E-state index contributed by atoms with van der Waals surface area (Å²) in [5.41, 5.74) is 0. The Morgan fingerprint density at radius 1 is 0.306 bits per heavy atom. The standard InChI is InChI=1S/C56H108O6/c1-5-7-9-11-13-15-17-24-28-32-36-40-44-48-55(58)61-51-53(50-60-54(57)47-43-39-35-31-16-14-12-10-8-6-2)62-56(59)49-45-41-37-33-29-26-23-21-19-18-20-22-25-27-30-34-38-42-46-52(3)4/h52-53H,5-51H2,1-4H3/t53-/m0/s1. The van der Waals surface area contributed by atoms with Crippen molar-refractivity contribution in [1.29, 1.82) is 0 Å². The van der Waals surface area contributed by atoms with E-state index in [9.17, 15) is 14.4 Å². The zero-order chi connectivity index (χ0) is 45.2. The van der Waals surface area contributed by atoms with E-state index in [1.165, 1.54) is 212 Å². The van der Waals surface area contributed by atoms with Gasteiger partial charge in [0.1, 0.15) is 13.2 Å². The van der Waals surface area contributed by atoms with Crippen LogP contribution in [0.3, 0.4) is 0 Å². The number of rotatable bonds is 51. The maximum Gasteiger partial charge on any atom is 0.306 e. The Kier molecular flexibility index (Phi) is 49.1. The molecule has 0 fully saturated rings. The molecule has 62 heavy (non-hydrogen) atoms. The summed E-state index contributed by atoms with van der Waals surface area (Å²) in [7, 11) is 0. The van der Waals surface area contributed by atoms with Crippen LogP contribution >= 0.6 is 0 Å². The molecule has 368 valence electrons. The molecule has 0 radical (unpaired) electrons. The van der Waals surface area contributed by atoms with Crippen molar-refractivity contribution < 1.29 is 28.6 Å². The normalized spacial score (nSPS) is 12.0. The number of hydrogen-bond acceptors (Lipinski definition) is 6. The highest BCUT2D eigenvalue weighted by Crippen LogP contribution is 2.18. The van der Waals surface area contributed by atoms with Gasteiger partial charge in [0.15, 0.2) is 6.10 Å². The minimum atomic E-state index is -0.760. The molecule has 0 saturated carbocycles. The van der Waals surface area contributed by atoms with Crippen molar-refractivity contribution in [3.05, 3.63) is 0 Å². The van der Waals surface area contributed by atoms with Crippen LogP contribution in [0, 0.1) is 5.92 Å². The Morgan fingerprint density at radius 2 is 0.532 bits per heavy atom. The number of esters is 3. The molecule has 0 aliphatic rings. The fourth-order valence-corrected chi connectivity index (χ4v) is 8.57. The average Bonchev–Trinajstić information content (AvgIpc) is 3.26. The first-order chi connectivity index (χ1) is 30.4. The zero-order valence-corrected chi connectivity index (χ0v) is 42.3. The lowest BCUT2D eigenvalue weighted by atomic mass is 10.0. The van der Waals surface area contributed by atoms with E-state index in [2.05, 4.69) is 27.7 Å². The smallest absolute Gasteiger partial charge is 0.306 e. The van der Waals surface area contributed by atoms with E-state index in [0.717, 1.165) is 63.7 Å². The molecular weight excluding hydrogens is 769 g/mol. The van der Waals surface area contributed by atoms with Gasteiger partial charge in [-0.15, -0.1) is 0 Å². The van der Waals surface area contributed by atoms with Crippen LogP contribution < -0.4 is 0 Å². The van der Waals surface area contributed by atoms with Crippen LogP contribution in [0.4, 0.5) is 0 Å². The van der Waals surface area contributed by atoms with Gasteiger partial charge >= 0.3 is 17.9 Å². The fraction of sp³-hybridized carbons (Fsp3) is 0.946. The first kappa shape index (κ1) is 60.4. The largest absolute Gasteiger partial charge is 0.462 e. The van der Waals surface area contributed by atoms with Gasteiger partial charge in [-0.2, -0.15) is 0 Å². The summed E-state index contributed by atoms with van der Waals surface area (Å²) < 4.78 is 16.8. The minimum absolute atomic E-state index is 0.0622. The summed E-state index contributed by atoms with van der Waals surface area (Å²) in [6, 6.07) is 0. The molecule has 0 unspecified atom stereocenters. The Bertz CT molecular complexity index is 933. The molecule has 0 aromatic rings. The van der Waals surface area contributed by atoms with Crippen molar-refractivity contribution in [1.82, 2.24) is 0 Å². The highest BCUT2D eigenvalue weighted by Gasteiger charge is 2.19. The van der Waals surface area contributed by atoms with Crippen LogP contribution in [0.25, 0.3) is 0 Å². The van der Waals surface area contributed by atoms with Gasteiger partial charge < -0.3 is 14.2 Å². The number of carbonyl (C=O) groups is 3. The van der Waals surface area contributed by atoms with Crippen molar-refractivity contribution in [3.8, 4) is 0 Å². The number of hydrogen-bond donors (Lipinski definition) is 0. The molecular formula is C56H108O6. The van der Waals surface area contributed by atoms with Crippen molar-refractivity contribution in [2.24, 2.45) is 5.92 Å². The molecule has 1 atom stereocenters. The second kappa shape index (κ2) is 50.4. The van der Waals surface area contributed by atoms with Gasteiger partial charge in [0, 0.05) is 19.3 Å². The highest BCUT2D eigenvalue weighted by atomic mass is 16.6. The molecule has 0 N–H and O–H groups in total. The van der Waals surface area contributed by atoms with Crippen LogP contribution in [-0.2, 0) is 28.6 Å². The quantitative estimate of drug-likeness (QED) is 0.0344. The third-order valence-corrected chi connectivity index (χ3v) is 12.8. The summed E-state index contributed by atoms with van der Waals surface area (Å²) in [6.45, 7) is 9.05. The Balaban J connectivity index is 4.21. The molecule has 0 saturated heterocycles. The van der Waals surface area contributed by atoms with Gasteiger partial charge in [0.25, 0.3) is 0 Å². The van der Waals surface area contributed by atoms with Crippen molar-refractivity contribution in [2.75, 3.05) is 13.2 Å². The van der Waals surface area contributed by atoms with E-state index in [-0.39, 0.29) is 31.1 Å². The lowest BCUT2D eigenvalue weighted by Crippen LogP contribution is -2.30. The molecule has 0 bridgehead atoms. The first-order valence-electron chi connectivity index (χ1n) is 27.9. The van der Waals surface area contributed by atoms with Gasteiger partial charge in [-0.25, -0.2) is 0 Å². The fourth-order valence-electron chi connectivity index (χ4n) is 8.57. The molecule has 6 nitrogen and oxygen atoms in total. The molecule has 0 rings (SSSR count). The molecule has 0 aliphatic carbocycles. The zero-order valence-electron chi connectivity index (χ0n) is 42.3. The summed E-state index contributed by atoms with van der Waals surface area (Å²) >= 11 is 0. The van der Waals surface area contributed by atoms with Crippen molar-refractivity contribution in [2.45, 2.75) is 323 Å². The molecule has 0 aliphatic heterocycles. The van der Waals surface area contributed by atoms with Crippen LogP contribution in [0.15, 0.2) is 0 Å². The Labute approximate surface area is 387 Å². The predicted octanol–water partition coefficient (Wildman–Crippen LogP) is 18.2. The Morgan fingerprint density at radius 3 is 0.790 bits per heavy atom. The number of ether oxygens (including phenoxy) is 3. The van der Waals surface area contributed by atoms with Crippen molar-refractivity contribution >= 4 is 17.9 Å². The lowest BCUT2D eigenvalue weighted by Gasteiger charge is -2.18. The SMILES string of the molecule is CCCCCCCCCCCCCCCC(=O)OC[C@H](COC(=O)CCCCCCCCCCCC)OC(=O)CCCCCCCCCCCCCCCCCCCCC(C)C. The van der Waals surface area contributed by atoms with Crippen molar-refractivity contribution in [3.63, 3.8) is 0 Å². The molecule has 0 amide bonds. The molecule has 6 heteroatoms. The topological polar surface area (TPSA) is 78.9 Å². The van der Waals surface area contributed by atoms with Gasteiger partial charge in [-0.3, -0.25) is 14.4 Å². The third-order valence-electron chi connectivity index (χ3n) is 12.8. The molecule has 0 spiro atoms. The average molecular weight is 877 g/mol. The first-order valence-corrected chi connectivity index (χ1v) is 27.9. The van der Waals surface area contributed by atoms with Crippen LogP contribution in [0.5, 0.6) is 0 Å². The molecule has 0 aromatic heterocycles. The van der Waals surface area contributed by atoms with Gasteiger partial charge in [0.2, 0.25) is 0 Å². The monoisotopic (exact) mass is 877 g/mol. The van der Waals surface area contributed by atoms with Gasteiger partial charge in [0.05, 0.1) is 0 Å². The number of carbonyl (C=O) groups excluding carboxylic acids is 3. The highest BCUT2D eigenvalue weighted by molar-refractivity contribution is 5.71. The van der Waals surface area contributed by atoms with E-state index in [1.807, 2.05) is 0 Å². The third kappa shape index (κ3) is 49.4. The van der Waals surface area contributed by atoms with Crippen LogP contribution in [-0.4, -0.2) is 37.2 Å². The second-order valence-electron chi connectivity index (χ2n) is 19.7. The summed E-state index contributed by atoms with van der Waals surface area (Å²) in [6.07, 6.45) is 53.8. The van der Waals surface area contributed by atoms with Gasteiger partial charge in [-0.1, -0.05) is 278 Å². The van der Waals surface area contributed by atoms with Crippen LogP contribution in [0.1, 0.15) is 317 Å². The van der Waals surface area contributed by atoms with E-state index < -0.39 is 6.10 Å². The summed E-state index contributed by atoms with van der Waals surface area (Å²) in [4.78, 5) is 38.0. The molecule has 0 heterocycles. The predicted molar refractivity (Wildman–Crippen MR) is 266 cm³/mol. The van der Waals surface area contributed by atoms with Gasteiger partial charge in [-0.05, 0) is 25.2 Å². The van der Waals surface area contributed by atoms with E-state index >= 15 is 0 Å². The molecule has 0 aromatic carbocycles. The lowest BCUT2D eigenvalue weighted by molar-refractivity contribution is -0.167. The summed E-state index contributed by atoms with van der Waals surface area (Å²) in [5.74, 6) is 0.0179. The minimum Gasteiger partial charge on any atom is -0.462 e. The van der Waals surface area contributed by atoms with E-state index in [4.69, 9.17) is 14.2 Å². The summed E-state index contributed by atoms with van der Waals surface area (Å²) in [5, 5.41) is 0. The number of unbranched alkanes of at least 4 members (excludes halogenated alkanes) is 38. The van der Waals surface area contributed by atoms with E-state index in [0.29, 0.717) is 19.3 Å². The van der Waals surface area contributed by atoms with E-state index in [1.54, 1.807) is 0 Å². The second-order valence-corrected chi connectivity index (χ2v) is 19.7. The maximum absolute atomic E-state index is 12.8. The van der Waals surface area contributed by atoms with Crippen LogP contribution in [0.2, 0.25) is 0 Å². The Hall–Kier alpha value is -1.59.